The van der Waals surface area contributed by atoms with Crippen LogP contribution < -0.4 is 0 Å². The number of aromatic nitrogens is 8. The monoisotopic (exact) mass is 1270 g/mol. The Balaban J connectivity index is 0.000000131. The molecule has 8 heteroatoms. The van der Waals surface area contributed by atoms with Crippen LogP contribution in [0.3, 0.4) is 0 Å². The van der Waals surface area contributed by atoms with E-state index in [4.69, 9.17) is 19.9 Å². The summed E-state index contributed by atoms with van der Waals surface area (Å²) >= 11 is 0. The van der Waals surface area contributed by atoms with Gasteiger partial charge in [0.1, 0.15) is 5.69 Å². The molecule has 100 heavy (non-hydrogen) atoms. The Kier molecular flexibility index (Phi) is 12.2. The second-order valence-electron chi connectivity index (χ2n) is 25.9. The molecule has 0 saturated carbocycles. The van der Waals surface area contributed by atoms with Gasteiger partial charge in [-0.2, -0.15) is 0 Å². The summed E-state index contributed by atoms with van der Waals surface area (Å²) in [6.45, 7) is 0. The van der Waals surface area contributed by atoms with Gasteiger partial charge in [-0.15, -0.1) is 0 Å². The van der Waals surface area contributed by atoms with Crippen molar-refractivity contribution < 1.29 is 0 Å². The van der Waals surface area contributed by atoms with Crippen LogP contribution in [0, 0.1) is 0 Å². The first-order valence-electron chi connectivity index (χ1n) is 34.1. The van der Waals surface area contributed by atoms with E-state index in [2.05, 4.69) is 334 Å². The number of hydrogen-bond donors (Lipinski definition) is 0. The van der Waals surface area contributed by atoms with Crippen molar-refractivity contribution in [3.8, 4) is 113 Å². The Morgan fingerprint density at radius 3 is 0.990 bits per heavy atom. The molecule has 0 amide bonds. The van der Waals surface area contributed by atoms with Crippen molar-refractivity contribution in [2.75, 3.05) is 0 Å². The molecule has 0 unspecified atom stereocenters. The second kappa shape index (κ2) is 22.0. The van der Waals surface area contributed by atoms with E-state index in [9.17, 15) is 0 Å². The standard InChI is InChI=1S/2C46H28N4/c1-4-15-29(16-5-1)44-46(48-36-25-11-10-24-35(36)47-44)50-39-28-13-22-33-32-21-12-26-37-40(32)42-34(43(41(33)39)45(50)30-17-6-2-7-18-30)23-14-27-38(42)49(37)31-19-8-3-9-20-31;1-4-15-29(16-5-1)44-34-21-10-11-25-36(34)47-46(48-44)50-39-28-13-23-33-32-22-12-26-37-40(32)42-35(43(41(33)39)45(50)30-17-6-2-7-18-30)24-14-27-38(42)49(37)31-19-8-3-9-20-31/h2*1-28H. The van der Waals surface area contributed by atoms with Crippen molar-refractivity contribution in [3.63, 3.8) is 0 Å². The number of fused-ring (bicyclic) bond motifs is 6. The summed E-state index contributed by atoms with van der Waals surface area (Å²) in [5.74, 6) is 1.47. The van der Waals surface area contributed by atoms with E-state index in [1.54, 1.807) is 0 Å². The van der Waals surface area contributed by atoms with Gasteiger partial charge in [0, 0.05) is 71.3 Å². The third-order valence-electron chi connectivity index (χ3n) is 20.5. The van der Waals surface area contributed by atoms with Gasteiger partial charge >= 0.3 is 0 Å². The molecule has 0 fully saturated rings. The maximum Gasteiger partial charge on any atom is 0.235 e. The van der Waals surface area contributed by atoms with Gasteiger partial charge in [0.2, 0.25) is 5.95 Å². The molecular weight excluding hydrogens is 1220 g/mol. The number of para-hydroxylation sites is 5. The molecule has 8 nitrogen and oxygen atoms in total. The molecule has 0 spiro atoms. The van der Waals surface area contributed by atoms with Gasteiger partial charge in [0.25, 0.3) is 0 Å². The minimum Gasteiger partial charge on any atom is -0.309 e. The fraction of sp³-hybridized carbons (Fsp3) is 0. The minimum absolute atomic E-state index is 0.655. The molecule has 0 radical (unpaired) electrons. The van der Waals surface area contributed by atoms with Gasteiger partial charge in [-0.05, 0) is 123 Å². The van der Waals surface area contributed by atoms with Crippen molar-refractivity contribution in [1.82, 2.24) is 38.2 Å². The predicted molar refractivity (Wildman–Crippen MR) is 412 cm³/mol. The third-order valence-corrected chi connectivity index (χ3v) is 20.5. The van der Waals surface area contributed by atoms with Crippen LogP contribution in [-0.2, 0) is 0 Å². The Bertz CT molecular complexity index is 6730. The highest BCUT2D eigenvalue weighted by Gasteiger charge is 2.34. The van der Waals surface area contributed by atoms with Gasteiger partial charge in [-0.25, -0.2) is 19.9 Å². The first-order valence-corrected chi connectivity index (χ1v) is 34.1. The molecule has 2 aliphatic rings. The minimum atomic E-state index is 0.655. The molecule has 22 rings (SSSR count). The van der Waals surface area contributed by atoms with Crippen LogP contribution in [0.15, 0.2) is 340 Å². The highest BCUT2D eigenvalue weighted by atomic mass is 15.2. The van der Waals surface area contributed by atoms with Gasteiger partial charge < -0.3 is 9.13 Å². The van der Waals surface area contributed by atoms with E-state index >= 15 is 0 Å². The van der Waals surface area contributed by atoms with E-state index in [-0.39, 0.29) is 0 Å². The summed E-state index contributed by atoms with van der Waals surface area (Å²) in [5.41, 5.74) is 30.0. The Hall–Kier alpha value is -13.6. The summed E-state index contributed by atoms with van der Waals surface area (Å²) in [6.07, 6.45) is 0. The fourth-order valence-corrected chi connectivity index (χ4v) is 16.5. The fourth-order valence-electron chi connectivity index (χ4n) is 16.5. The molecule has 2 aliphatic carbocycles. The Labute approximate surface area is 574 Å². The molecule has 0 atom stereocenters. The van der Waals surface area contributed by atoms with E-state index in [0.29, 0.717) is 5.95 Å². The van der Waals surface area contributed by atoms with Crippen molar-refractivity contribution in [2.45, 2.75) is 0 Å². The van der Waals surface area contributed by atoms with Crippen LogP contribution >= 0.6 is 0 Å². The lowest BCUT2D eigenvalue weighted by Gasteiger charge is -2.17. The number of benzene rings is 14. The zero-order valence-corrected chi connectivity index (χ0v) is 53.9. The Morgan fingerprint density at radius 1 is 0.200 bits per heavy atom. The molecule has 14 aromatic carbocycles. The van der Waals surface area contributed by atoms with Crippen molar-refractivity contribution >= 4 is 87.4 Å². The van der Waals surface area contributed by atoms with Crippen molar-refractivity contribution in [1.29, 1.82) is 0 Å². The maximum absolute atomic E-state index is 5.45. The SMILES string of the molecule is c1ccc(-c2nc(-n3c(-c4ccccc4)c4c5c(cccc53)-c3cccc5c3c3c-4cccc3n5-c3ccccc3)nc3ccccc23)cc1.c1ccc(-c2nc3ccccc3nc2-n2c(-c3ccccc3)c3c4c(cccc42)-c2cccc4c2c2c-3cccc2n4-c2ccccc2)cc1. The van der Waals surface area contributed by atoms with Crippen LogP contribution in [0.1, 0.15) is 0 Å². The topological polar surface area (TPSA) is 71.3 Å². The first kappa shape index (κ1) is 55.7. The van der Waals surface area contributed by atoms with Gasteiger partial charge in [-0.1, -0.05) is 261 Å². The lowest BCUT2D eigenvalue weighted by molar-refractivity contribution is 0.991. The summed E-state index contributed by atoms with van der Waals surface area (Å²) in [6, 6.07) is 121. The van der Waals surface area contributed by atoms with E-state index in [1.807, 2.05) is 24.3 Å². The number of hydrogen-bond acceptors (Lipinski definition) is 4. The van der Waals surface area contributed by atoms with E-state index in [0.717, 1.165) is 95.2 Å². The van der Waals surface area contributed by atoms with Crippen LogP contribution in [0.2, 0.25) is 0 Å². The second-order valence-corrected chi connectivity index (χ2v) is 25.9. The van der Waals surface area contributed by atoms with Crippen LogP contribution in [0.4, 0.5) is 0 Å². The molecule has 6 heterocycles. The summed E-state index contributed by atoms with van der Waals surface area (Å²) in [5, 5.41) is 8.57. The molecule has 0 N–H and O–H groups in total. The maximum atomic E-state index is 5.45. The van der Waals surface area contributed by atoms with Gasteiger partial charge in [-0.3, -0.25) is 9.13 Å². The molecule has 0 aliphatic heterocycles. The molecule has 464 valence electrons. The third kappa shape index (κ3) is 8.16. The highest BCUT2D eigenvalue weighted by Crippen LogP contribution is 2.57. The molecule has 6 aromatic heterocycles. The number of rotatable bonds is 8. The van der Waals surface area contributed by atoms with Gasteiger partial charge in [0.05, 0.1) is 66.7 Å². The lowest BCUT2D eigenvalue weighted by atomic mass is 9.95. The molecule has 20 aromatic rings. The zero-order valence-electron chi connectivity index (χ0n) is 53.9. The predicted octanol–water partition coefficient (Wildman–Crippen LogP) is 23.3. The average Bonchev–Trinajstić information content (AvgIpc) is 1.53. The number of nitrogens with zero attached hydrogens (tertiary/aromatic N) is 8. The summed E-state index contributed by atoms with van der Waals surface area (Å²) in [7, 11) is 0. The normalized spacial score (nSPS) is 12.0. The largest absolute Gasteiger partial charge is 0.309 e. The molecule has 0 bridgehead atoms. The van der Waals surface area contributed by atoms with Crippen molar-refractivity contribution in [3.05, 3.63) is 340 Å². The van der Waals surface area contributed by atoms with Crippen LogP contribution in [-0.4, -0.2) is 38.2 Å². The quantitative estimate of drug-likeness (QED) is 0.152. The van der Waals surface area contributed by atoms with E-state index in [1.165, 1.54) is 98.9 Å². The zero-order chi connectivity index (χ0) is 65.5. The summed E-state index contributed by atoms with van der Waals surface area (Å²) in [4.78, 5) is 21.5. The smallest absolute Gasteiger partial charge is 0.235 e. The Morgan fingerprint density at radius 2 is 0.530 bits per heavy atom. The lowest BCUT2D eigenvalue weighted by Crippen LogP contribution is -2.05. The van der Waals surface area contributed by atoms with E-state index < -0.39 is 0 Å². The molecule has 0 saturated heterocycles. The first-order chi connectivity index (χ1) is 49.7. The summed E-state index contributed by atoms with van der Waals surface area (Å²) < 4.78 is 9.52. The van der Waals surface area contributed by atoms with Crippen molar-refractivity contribution in [2.24, 2.45) is 0 Å². The van der Waals surface area contributed by atoms with Crippen LogP contribution in [0.25, 0.3) is 200 Å². The average molecular weight is 1270 g/mol. The van der Waals surface area contributed by atoms with Gasteiger partial charge in [0.15, 0.2) is 5.82 Å². The molecular formula is C92H56N8. The van der Waals surface area contributed by atoms with Crippen LogP contribution in [0.5, 0.6) is 0 Å². The highest BCUT2D eigenvalue weighted by molar-refractivity contribution is 6.31.